The lowest BCUT2D eigenvalue weighted by molar-refractivity contribution is 0.100. The third-order valence-electron chi connectivity index (χ3n) is 2.53. The van der Waals surface area contributed by atoms with Crippen molar-refractivity contribution in [2.75, 3.05) is 0 Å². The number of aromatic nitrogens is 1. The van der Waals surface area contributed by atoms with Crippen molar-refractivity contribution in [3.8, 4) is 0 Å². The maximum Gasteiger partial charge on any atom is 0.251 e. The SMILES string of the molecule is CCCc1[nH]c2ccccc2c1C(N)=O. The first kappa shape index (κ1) is 9.77. The molecule has 0 aliphatic rings. The van der Waals surface area contributed by atoms with Gasteiger partial charge in [-0.1, -0.05) is 31.5 Å². The first-order valence-electron chi connectivity index (χ1n) is 5.13. The van der Waals surface area contributed by atoms with Crippen LogP contribution in [0.1, 0.15) is 29.4 Å². The summed E-state index contributed by atoms with van der Waals surface area (Å²) in [6.45, 7) is 2.08. The third kappa shape index (κ3) is 1.61. The normalized spacial score (nSPS) is 10.7. The molecule has 3 N–H and O–H groups in total. The van der Waals surface area contributed by atoms with Gasteiger partial charge in [-0.05, 0) is 12.5 Å². The van der Waals surface area contributed by atoms with E-state index in [0.717, 1.165) is 29.4 Å². The standard InChI is InChI=1S/C12H14N2O/c1-2-5-10-11(12(13)15)8-6-3-4-7-9(8)14-10/h3-4,6-7,14H,2,5H2,1H3,(H2,13,15). The van der Waals surface area contributed by atoms with Crippen LogP contribution in [0.5, 0.6) is 0 Å². The highest BCUT2D eigenvalue weighted by molar-refractivity contribution is 6.07. The lowest BCUT2D eigenvalue weighted by atomic mass is 10.1. The van der Waals surface area contributed by atoms with Crippen LogP contribution in [0.3, 0.4) is 0 Å². The Kier molecular flexibility index (Phi) is 2.46. The molecule has 15 heavy (non-hydrogen) atoms. The van der Waals surface area contributed by atoms with Gasteiger partial charge in [-0.2, -0.15) is 0 Å². The molecule has 0 unspecified atom stereocenters. The van der Waals surface area contributed by atoms with E-state index < -0.39 is 0 Å². The molecule has 0 atom stereocenters. The number of hydrogen-bond acceptors (Lipinski definition) is 1. The average molecular weight is 202 g/mol. The van der Waals surface area contributed by atoms with Crippen molar-refractivity contribution in [2.24, 2.45) is 5.73 Å². The van der Waals surface area contributed by atoms with Crippen LogP contribution in [0, 0.1) is 0 Å². The second kappa shape index (κ2) is 3.77. The summed E-state index contributed by atoms with van der Waals surface area (Å²) in [5.41, 5.74) is 7.97. The number of aryl methyl sites for hydroxylation is 1. The van der Waals surface area contributed by atoms with E-state index in [1.165, 1.54) is 0 Å². The molecule has 1 aromatic carbocycles. The Bertz CT molecular complexity index is 499. The fourth-order valence-electron chi connectivity index (χ4n) is 1.92. The summed E-state index contributed by atoms with van der Waals surface area (Å²) in [5, 5.41) is 0.924. The fourth-order valence-corrected chi connectivity index (χ4v) is 1.92. The largest absolute Gasteiger partial charge is 0.366 e. The summed E-state index contributed by atoms with van der Waals surface area (Å²) in [6, 6.07) is 7.74. The van der Waals surface area contributed by atoms with Gasteiger partial charge >= 0.3 is 0 Å². The summed E-state index contributed by atoms with van der Waals surface area (Å²) in [7, 11) is 0. The van der Waals surface area contributed by atoms with Crippen LogP contribution in [0.15, 0.2) is 24.3 Å². The van der Waals surface area contributed by atoms with Crippen molar-refractivity contribution in [2.45, 2.75) is 19.8 Å². The highest BCUT2D eigenvalue weighted by atomic mass is 16.1. The number of fused-ring (bicyclic) bond motifs is 1. The number of para-hydroxylation sites is 1. The molecule has 0 aliphatic carbocycles. The molecule has 78 valence electrons. The Balaban J connectivity index is 2.69. The van der Waals surface area contributed by atoms with Crippen molar-refractivity contribution in [1.29, 1.82) is 0 Å². The molecule has 0 fully saturated rings. The molecule has 2 rings (SSSR count). The molecular weight excluding hydrogens is 188 g/mol. The van der Waals surface area contributed by atoms with Crippen LogP contribution in [-0.2, 0) is 6.42 Å². The fraction of sp³-hybridized carbons (Fsp3) is 0.250. The molecule has 0 aliphatic heterocycles. The van der Waals surface area contributed by atoms with Crippen LogP contribution in [0.25, 0.3) is 10.9 Å². The molecule has 0 saturated heterocycles. The Morgan fingerprint density at radius 1 is 1.40 bits per heavy atom. The lowest BCUT2D eigenvalue weighted by Crippen LogP contribution is -2.12. The maximum absolute atomic E-state index is 11.4. The molecule has 0 bridgehead atoms. The summed E-state index contributed by atoms with van der Waals surface area (Å²) in [4.78, 5) is 14.6. The molecule has 2 aromatic rings. The van der Waals surface area contributed by atoms with Crippen molar-refractivity contribution in [3.63, 3.8) is 0 Å². The van der Waals surface area contributed by atoms with E-state index in [2.05, 4.69) is 11.9 Å². The van der Waals surface area contributed by atoms with Crippen LogP contribution in [0.4, 0.5) is 0 Å². The summed E-state index contributed by atoms with van der Waals surface area (Å²) >= 11 is 0. The van der Waals surface area contributed by atoms with Gasteiger partial charge in [-0.15, -0.1) is 0 Å². The number of benzene rings is 1. The molecular formula is C12H14N2O. The number of aromatic amines is 1. The molecule has 3 heteroatoms. The minimum Gasteiger partial charge on any atom is -0.366 e. The molecule has 1 amide bonds. The van der Waals surface area contributed by atoms with Crippen molar-refractivity contribution in [1.82, 2.24) is 4.98 Å². The van der Waals surface area contributed by atoms with Crippen molar-refractivity contribution >= 4 is 16.8 Å². The number of H-pyrrole nitrogens is 1. The number of nitrogens with two attached hydrogens (primary N) is 1. The second-order valence-electron chi connectivity index (χ2n) is 3.64. The molecule has 0 radical (unpaired) electrons. The zero-order valence-electron chi connectivity index (χ0n) is 8.71. The van der Waals surface area contributed by atoms with Gasteiger partial charge in [-0.3, -0.25) is 4.79 Å². The minimum absolute atomic E-state index is 0.351. The van der Waals surface area contributed by atoms with Crippen LogP contribution in [-0.4, -0.2) is 10.9 Å². The monoisotopic (exact) mass is 202 g/mol. The van der Waals surface area contributed by atoms with Gasteiger partial charge < -0.3 is 10.7 Å². The van der Waals surface area contributed by atoms with Gasteiger partial charge in [0.25, 0.3) is 5.91 Å². The van der Waals surface area contributed by atoms with E-state index in [4.69, 9.17) is 5.73 Å². The summed E-state index contributed by atoms with van der Waals surface area (Å²) in [5.74, 6) is -0.351. The quantitative estimate of drug-likeness (QED) is 0.787. The van der Waals surface area contributed by atoms with Gasteiger partial charge in [0.05, 0.1) is 5.56 Å². The number of amides is 1. The molecule has 0 spiro atoms. The smallest absolute Gasteiger partial charge is 0.251 e. The summed E-state index contributed by atoms with van der Waals surface area (Å²) in [6.07, 6.45) is 1.85. The van der Waals surface area contributed by atoms with Crippen molar-refractivity contribution in [3.05, 3.63) is 35.5 Å². The minimum atomic E-state index is -0.351. The zero-order valence-corrected chi connectivity index (χ0v) is 8.71. The maximum atomic E-state index is 11.4. The van der Waals surface area contributed by atoms with Crippen molar-refractivity contribution < 1.29 is 4.79 Å². The Hall–Kier alpha value is -1.77. The van der Waals surface area contributed by atoms with Gasteiger partial charge in [-0.25, -0.2) is 0 Å². The van der Waals surface area contributed by atoms with E-state index in [1.807, 2.05) is 24.3 Å². The van der Waals surface area contributed by atoms with Crippen LogP contribution < -0.4 is 5.73 Å². The van der Waals surface area contributed by atoms with E-state index in [-0.39, 0.29) is 5.91 Å². The lowest BCUT2D eigenvalue weighted by Gasteiger charge is -1.97. The molecule has 1 heterocycles. The number of rotatable bonds is 3. The molecule has 0 saturated carbocycles. The second-order valence-corrected chi connectivity index (χ2v) is 3.64. The first-order valence-corrected chi connectivity index (χ1v) is 5.13. The van der Waals surface area contributed by atoms with Crippen LogP contribution >= 0.6 is 0 Å². The first-order chi connectivity index (χ1) is 7.24. The number of carbonyl (C=O) groups excluding carboxylic acids is 1. The van der Waals surface area contributed by atoms with E-state index in [9.17, 15) is 4.79 Å². The number of primary amides is 1. The van der Waals surface area contributed by atoms with Gasteiger partial charge in [0, 0.05) is 16.6 Å². The molecule has 3 nitrogen and oxygen atoms in total. The van der Waals surface area contributed by atoms with Gasteiger partial charge in [0.2, 0.25) is 0 Å². The topological polar surface area (TPSA) is 58.9 Å². The molecule has 1 aromatic heterocycles. The predicted molar refractivity (Wildman–Crippen MR) is 60.8 cm³/mol. The van der Waals surface area contributed by atoms with E-state index >= 15 is 0 Å². The Morgan fingerprint density at radius 2 is 2.13 bits per heavy atom. The number of nitrogens with one attached hydrogen (secondary N) is 1. The highest BCUT2D eigenvalue weighted by Crippen LogP contribution is 2.22. The Morgan fingerprint density at radius 3 is 2.80 bits per heavy atom. The third-order valence-corrected chi connectivity index (χ3v) is 2.53. The predicted octanol–water partition coefficient (Wildman–Crippen LogP) is 2.22. The summed E-state index contributed by atoms with van der Waals surface area (Å²) < 4.78 is 0. The van der Waals surface area contributed by atoms with Crippen LogP contribution in [0.2, 0.25) is 0 Å². The van der Waals surface area contributed by atoms with Gasteiger partial charge in [0.15, 0.2) is 0 Å². The average Bonchev–Trinajstić information content (AvgIpc) is 2.56. The van der Waals surface area contributed by atoms with Gasteiger partial charge in [0.1, 0.15) is 0 Å². The zero-order chi connectivity index (χ0) is 10.8. The number of hydrogen-bond donors (Lipinski definition) is 2. The highest BCUT2D eigenvalue weighted by Gasteiger charge is 2.14. The van der Waals surface area contributed by atoms with E-state index in [1.54, 1.807) is 0 Å². The number of carbonyl (C=O) groups is 1. The Labute approximate surface area is 88.3 Å². The van der Waals surface area contributed by atoms with E-state index in [0.29, 0.717) is 5.56 Å².